The van der Waals surface area contributed by atoms with Gasteiger partial charge in [-0.25, -0.2) is 9.29 Å². The van der Waals surface area contributed by atoms with Gasteiger partial charge in [-0.05, 0) is 24.3 Å². The molecule has 2 amide bonds. The molecule has 2 aromatic rings. The van der Waals surface area contributed by atoms with Crippen molar-refractivity contribution >= 4 is 34.7 Å². The summed E-state index contributed by atoms with van der Waals surface area (Å²) < 4.78 is 13.3. The number of carbonyl (C=O) groups is 2. The van der Waals surface area contributed by atoms with E-state index in [0.29, 0.717) is 0 Å². The Balaban J connectivity index is 2.18. The summed E-state index contributed by atoms with van der Waals surface area (Å²) in [5.41, 5.74) is 6.28. The number of anilines is 1. The zero-order valence-electron chi connectivity index (χ0n) is 10.5. The van der Waals surface area contributed by atoms with Crippen molar-refractivity contribution in [3.05, 3.63) is 59.2 Å². The summed E-state index contributed by atoms with van der Waals surface area (Å²) >= 11 is 4.86. The molecule has 1 aliphatic heterocycles. The van der Waals surface area contributed by atoms with E-state index in [1.54, 1.807) is 0 Å². The number of imide groups is 1. The molecule has 0 saturated heterocycles. The van der Waals surface area contributed by atoms with Crippen LogP contribution in [0.25, 0.3) is 0 Å². The summed E-state index contributed by atoms with van der Waals surface area (Å²) in [5.74, 6) is -1.60. The Kier molecular flexibility index (Phi) is 2.99. The zero-order valence-corrected chi connectivity index (χ0v) is 11.4. The van der Waals surface area contributed by atoms with Crippen molar-refractivity contribution in [2.24, 2.45) is 5.73 Å². The third kappa shape index (κ3) is 1.98. The van der Waals surface area contributed by atoms with Crippen LogP contribution in [0.3, 0.4) is 0 Å². The number of halogens is 1. The van der Waals surface area contributed by atoms with Crippen LogP contribution in [0.4, 0.5) is 10.1 Å². The molecule has 1 aromatic carbocycles. The van der Waals surface area contributed by atoms with Gasteiger partial charge in [-0.15, -0.1) is 0 Å². The van der Waals surface area contributed by atoms with Crippen molar-refractivity contribution in [1.82, 2.24) is 4.98 Å². The number of carbonyl (C=O) groups excluding carboxylic acids is 2. The second-order valence-electron chi connectivity index (χ2n) is 4.39. The highest BCUT2D eigenvalue weighted by atomic mass is 32.1. The normalized spacial score (nSPS) is 13.5. The Morgan fingerprint density at radius 3 is 2.57 bits per heavy atom. The van der Waals surface area contributed by atoms with Gasteiger partial charge >= 0.3 is 0 Å². The molecule has 0 bridgehead atoms. The van der Waals surface area contributed by atoms with E-state index in [9.17, 15) is 14.0 Å². The quantitative estimate of drug-likeness (QED) is 0.674. The third-order valence-corrected chi connectivity index (χ3v) is 3.37. The lowest BCUT2D eigenvalue weighted by molar-refractivity contribution is 0.0926. The molecule has 3 rings (SSSR count). The van der Waals surface area contributed by atoms with Crippen LogP contribution in [-0.2, 0) is 0 Å². The number of amides is 2. The summed E-state index contributed by atoms with van der Waals surface area (Å²) in [6, 6.07) is 5.00. The maximum absolute atomic E-state index is 13.3. The van der Waals surface area contributed by atoms with Crippen molar-refractivity contribution in [2.75, 3.05) is 4.90 Å². The number of hydrogen-bond donors (Lipinski definition) is 1. The minimum Gasteiger partial charge on any atom is -0.389 e. The number of fused-ring (bicyclic) bond motifs is 1. The van der Waals surface area contributed by atoms with Crippen LogP contribution in [0, 0.1) is 5.82 Å². The summed E-state index contributed by atoms with van der Waals surface area (Å²) in [6.07, 6.45) is 2.74. The average molecular weight is 301 g/mol. The maximum atomic E-state index is 13.3. The zero-order chi connectivity index (χ0) is 15.1. The highest BCUT2D eigenvalue weighted by molar-refractivity contribution is 7.80. The van der Waals surface area contributed by atoms with Crippen LogP contribution in [0.5, 0.6) is 0 Å². The molecule has 5 nitrogen and oxygen atoms in total. The molecule has 104 valence electrons. The van der Waals surface area contributed by atoms with Crippen molar-refractivity contribution in [2.45, 2.75) is 0 Å². The van der Waals surface area contributed by atoms with Crippen molar-refractivity contribution < 1.29 is 14.0 Å². The molecule has 2 N–H and O–H groups in total. The first kappa shape index (κ1) is 13.3. The fourth-order valence-electron chi connectivity index (χ4n) is 2.20. The van der Waals surface area contributed by atoms with Crippen molar-refractivity contribution in [3.8, 4) is 0 Å². The molecule has 21 heavy (non-hydrogen) atoms. The van der Waals surface area contributed by atoms with Gasteiger partial charge in [0.1, 0.15) is 10.8 Å². The molecule has 0 saturated carbocycles. The predicted octanol–water partition coefficient (Wildman–Crippen LogP) is 1.66. The molecule has 1 aliphatic rings. The standard InChI is InChI=1S/C14H8FN3O2S/c15-7-1-2-11(9(5-7)12(16)21)18-13(19)8-3-4-17-6-10(8)14(18)20/h1-6H,(H2,16,21). The number of aromatic nitrogens is 1. The fraction of sp³-hybridized carbons (Fsp3) is 0. The second-order valence-corrected chi connectivity index (χ2v) is 4.83. The van der Waals surface area contributed by atoms with E-state index in [2.05, 4.69) is 4.98 Å². The number of rotatable bonds is 2. The summed E-state index contributed by atoms with van der Waals surface area (Å²) in [7, 11) is 0. The maximum Gasteiger partial charge on any atom is 0.267 e. The molecule has 2 heterocycles. The van der Waals surface area contributed by atoms with Gasteiger partial charge < -0.3 is 5.73 Å². The molecule has 0 unspecified atom stereocenters. The van der Waals surface area contributed by atoms with E-state index in [4.69, 9.17) is 18.0 Å². The number of hydrogen-bond acceptors (Lipinski definition) is 4. The lowest BCUT2D eigenvalue weighted by Crippen LogP contribution is -2.31. The van der Waals surface area contributed by atoms with E-state index in [-0.39, 0.29) is 27.4 Å². The van der Waals surface area contributed by atoms with Crippen molar-refractivity contribution in [1.29, 1.82) is 0 Å². The fourth-order valence-corrected chi connectivity index (χ4v) is 2.37. The average Bonchev–Trinajstić information content (AvgIpc) is 2.72. The monoisotopic (exact) mass is 301 g/mol. The van der Waals surface area contributed by atoms with Crippen LogP contribution in [0.1, 0.15) is 26.3 Å². The SMILES string of the molecule is NC(=S)c1cc(F)ccc1N1C(=O)c2ccncc2C1=O. The molecular weight excluding hydrogens is 293 g/mol. The largest absolute Gasteiger partial charge is 0.389 e. The Bertz CT molecular complexity index is 772. The lowest BCUT2D eigenvalue weighted by atomic mass is 10.1. The van der Waals surface area contributed by atoms with Crippen LogP contribution in [-0.4, -0.2) is 21.8 Å². The molecule has 1 aromatic heterocycles. The Hall–Kier alpha value is -2.67. The van der Waals surface area contributed by atoms with Crippen molar-refractivity contribution in [3.63, 3.8) is 0 Å². The van der Waals surface area contributed by atoms with E-state index >= 15 is 0 Å². The molecule has 0 atom stereocenters. The molecule has 0 fully saturated rings. The first-order chi connectivity index (χ1) is 10.0. The topological polar surface area (TPSA) is 76.3 Å². The minimum atomic E-state index is -0.556. The highest BCUT2D eigenvalue weighted by Crippen LogP contribution is 2.30. The number of benzene rings is 1. The van der Waals surface area contributed by atoms with Gasteiger partial charge in [0.25, 0.3) is 11.8 Å². The smallest absolute Gasteiger partial charge is 0.267 e. The summed E-state index contributed by atoms with van der Waals surface area (Å²) in [6.45, 7) is 0. The minimum absolute atomic E-state index is 0.0980. The molecular formula is C14H8FN3O2S. The Morgan fingerprint density at radius 1 is 1.19 bits per heavy atom. The molecule has 0 radical (unpaired) electrons. The van der Waals surface area contributed by atoms with Crippen LogP contribution >= 0.6 is 12.2 Å². The highest BCUT2D eigenvalue weighted by Gasteiger charge is 2.38. The van der Waals surface area contributed by atoms with Gasteiger partial charge in [0.15, 0.2) is 0 Å². The Labute approximate surface area is 124 Å². The van der Waals surface area contributed by atoms with Gasteiger partial charge in [-0.3, -0.25) is 14.6 Å². The predicted molar refractivity (Wildman–Crippen MR) is 77.7 cm³/mol. The number of nitrogens with two attached hydrogens (primary N) is 1. The second kappa shape index (κ2) is 4.71. The van der Waals surface area contributed by atoms with E-state index in [1.165, 1.54) is 24.5 Å². The van der Waals surface area contributed by atoms with Gasteiger partial charge in [-0.2, -0.15) is 0 Å². The van der Waals surface area contributed by atoms with Gasteiger partial charge in [-0.1, -0.05) is 12.2 Å². The van der Waals surface area contributed by atoms with Gasteiger partial charge in [0, 0.05) is 18.0 Å². The summed E-state index contributed by atoms with van der Waals surface area (Å²) in [4.78, 5) is 29.4. The molecule has 0 spiro atoms. The number of pyridine rings is 1. The molecule has 0 aliphatic carbocycles. The van der Waals surface area contributed by atoms with E-state index in [0.717, 1.165) is 17.0 Å². The summed E-state index contributed by atoms with van der Waals surface area (Å²) in [5, 5.41) is 0. The molecule has 7 heteroatoms. The Morgan fingerprint density at radius 2 is 1.90 bits per heavy atom. The lowest BCUT2D eigenvalue weighted by Gasteiger charge is -2.17. The number of thiocarbonyl (C=S) groups is 1. The van der Waals surface area contributed by atoms with Gasteiger partial charge in [0.2, 0.25) is 0 Å². The first-order valence-electron chi connectivity index (χ1n) is 5.93. The first-order valence-corrected chi connectivity index (χ1v) is 6.33. The van der Waals surface area contributed by atoms with E-state index in [1.807, 2.05) is 0 Å². The van der Waals surface area contributed by atoms with Crippen LogP contribution < -0.4 is 10.6 Å². The number of nitrogens with zero attached hydrogens (tertiary/aromatic N) is 2. The van der Waals surface area contributed by atoms with E-state index < -0.39 is 17.6 Å². The third-order valence-electron chi connectivity index (χ3n) is 3.15. The van der Waals surface area contributed by atoms with Gasteiger partial charge in [0.05, 0.1) is 16.8 Å². The van der Waals surface area contributed by atoms with Crippen LogP contribution in [0.15, 0.2) is 36.7 Å². The van der Waals surface area contributed by atoms with Crippen LogP contribution in [0.2, 0.25) is 0 Å².